The normalized spacial score (nSPS) is 13.4. The maximum atomic E-state index is 12.5. The van der Waals surface area contributed by atoms with E-state index in [9.17, 15) is 18.3 Å². The maximum absolute atomic E-state index is 12.5. The first-order valence-electron chi connectivity index (χ1n) is 6.89. The molecular weight excluding hydrogens is 345 g/mol. The predicted octanol–water partition coefficient (Wildman–Crippen LogP) is 2.88. The summed E-state index contributed by atoms with van der Waals surface area (Å²) in [5, 5.41) is 16.0. The summed E-state index contributed by atoms with van der Waals surface area (Å²) >= 11 is 1.26. The summed E-state index contributed by atoms with van der Waals surface area (Å²) in [5.74, 6) is -1.46. The lowest BCUT2D eigenvalue weighted by molar-refractivity contribution is -0.159. The topological polar surface area (TPSA) is 76.1 Å². The molecule has 0 aliphatic carbocycles. The average molecular weight is 358 g/mol. The second-order valence-corrected chi connectivity index (χ2v) is 6.11. The van der Waals surface area contributed by atoms with E-state index < -0.39 is 18.3 Å². The highest BCUT2D eigenvalue weighted by molar-refractivity contribution is 7.15. The summed E-state index contributed by atoms with van der Waals surface area (Å²) in [6.07, 6.45) is -3.65. The molecule has 6 nitrogen and oxygen atoms in total. The van der Waals surface area contributed by atoms with Gasteiger partial charge in [-0.25, -0.2) is 0 Å². The zero-order valence-electron chi connectivity index (χ0n) is 12.4. The number of alkyl halides is 3. The van der Waals surface area contributed by atoms with Crippen LogP contribution in [0.3, 0.4) is 0 Å². The van der Waals surface area contributed by atoms with Gasteiger partial charge in [0.05, 0.1) is 17.1 Å². The Labute approximate surface area is 138 Å². The number of hydrogen-bond donors (Lipinski definition) is 2. The van der Waals surface area contributed by atoms with E-state index in [-0.39, 0.29) is 5.82 Å². The number of hydrogen-bond acceptors (Lipinski definition) is 6. The lowest BCUT2D eigenvalue weighted by Gasteiger charge is -2.13. The van der Waals surface area contributed by atoms with E-state index in [1.165, 1.54) is 11.3 Å². The molecule has 0 fully saturated rings. The average Bonchev–Trinajstić information content (AvgIpc) is 3.25. The molecule has 0 saturated heterocycles. The Balaban J connectivity index is 1.79. The van der Waals surface area contributed by atoms with E-state index in [1.54, 1.807) is 31.3 Å². The molecule has 128 valence electrons. The fraction of sp³-hybridized carbons (Fsp3) is 0.286. The molecule has 1 atom stereocenters. The highest BCUT2D eigenvalue weighted by Gasteiger charge is 2.38. The van der Waals surface area contributed by atoms with Crippen molar-refractivity contribution in [1.29, 1.82) is 0 Å². The Kier molecular flexibility index (Phi) is 4.43. The number of halogens is 3. The molecule has 0 amide bonds. The van der Waals surface area contributed by atoms with Crippen LogP contribution in [0.4, 0.5) is 13.2 Å². The third kappa shape index (κ3) is 3.35. The molecular formula is C14H13F3N4O2S. The molecule has 1 unspecified atom stereocenters. The number of aromatic nitrogens is 3. The van der Waals surface area contributed by atoms with Crippen LogP contribution in [0.25, 0.3) is 10.7 Å². The van der Waals surface area contributed by atoms with Gasteiger partial charge in [-0.05, 0) is 31.3 Å². The summed E-state index contributed by atoms with van der Waals surface area (Å²) in [6.45, 7) is 0.468. The van der Waals surface area contributed by atoms with Crippen molar-refractivity contribution >= 4 is 11.3 Å². The van der Waals surface area contributed by atoms with Crippen molar-refractivity contribution in [2.24, 2.45) is 0 Å². The zero-order chi connectivity index (χ0) is 17.3. The van der Waals surface area contributed by atoms with Crippen LogP contribution in [0.5, 0.6) is 0 Å². The summed E-state index contributed by atoms with van der Waals surface area (Å²) in [5.41, 5.74) is 0.686. The Morgan fingerprint density at radius 2 is 2.17 bits per heavy atom. The van der Waals surface area contributed by atoms with Crippen LogP contribution in [0.1, 0.15) is 22.7 Å². The molecule has 0 spiro atoms. The van der Waals surface area contributed by atoms with Crippen molar-refractivity contribution in [3.63, 3.8) is 0 Å². The first-order chi connectivity index (χ1) is 11.4. The number of aliphatic hydroxyl groups is 1. The summed E-state index contributed by atoms with van der Waals surface area (Å²) < 4.78 is 43.6. The molecule has 3 aromatic heterocycles. The number of nitrogens with zero attached hydrogens (tertiary/aromatic N) is 3. The van der Waals surface area contributed by atoms with Crippen molar-refractivity contribution in [3.8, 4) is 10.7 Å². The van der Waals surface area contributed by atoms with Gasteiger partial charge in [0.25, 0.3) is 0 Å². The summed E-state index contributed by atoms with van der Waals surface area (Å²) in [4.78, 5) is 4.73. The lowest BCUT2D eigenvalue weighted by Crippen LogP contribution is -2.19. The molecule has 3 rings (SSSR count). The van der Waals surface area contributed by atoms with E-state index in [4.69, 9.17) is 0 Å². The third-order valence-electron chi connectivity index (χ3n) is 3.29. The SMILES string of the molecule is CNC(O)c1cccn1Cc1ccc(-c2noc(C(F)(F)F)n2)s1. The summed E-state index contributed by atoms with van der Waals surface area (Å²) in [7, 11) is 1.64. The van der Waals surface area contributed by atoms with Crippen LogP contribution in [0.15, 0.2) is 35.0 Å². The molecule has 3 heterocycles. The van der Waals surface area contributed by atoms with Crippen LogP contribution in [-0.4, -0.2) is 26.9 Å². The second-order valence-electron chi connectivity index (χ2n) is 4.94. The Hall–Kier alpha value is -2.17. The van der Waals surface area contributed by atoms with Crippen molar-refractivity contribution in [2.45, 2.75) is 18.9 Å². The second kappa shape index (κ2) is 6.38. The molecule has 0 saturated carbocycles. The Morgan fingerprint density at radius 3 is 2.83 bits per heavy atom. The molecule has 0 aliphatic rings. The van der Waals surface area contributed by atoms with E-state index in [2.05, 4.69) is 20.0 Å². The number of rotatable bonds is 5. The molecule has 0 aromatic carbocycles. The van der Waals surface area contributed by atoms with Crippen molar-refractivity contribution in [2.75, 3.05) is 7.05 Å². The lowest BCUT2D eigenvalue weighted by atomic mass is 10.3. The minimum atomic E-state index is -4.66. The van der Waals surface area contributed by atoms with Gasteiger partial charge in [-0.15, -0.1) is 11.3 Å². The first kappa shape index (κ1) is 16.7. The maximum Gasteiger partial charge on any atom is 0.471 e. The van der Waals surface area contributed by atoms with Crippen LogP contribution >= 0.6 is 11.3 Å². The van der Waals surface area contributed by atoms with Crippen LogP contribution in [-0.2, 0) is 12.7 Å². The van der Waals surface area contributed by atoms with Gasteiger partial charge in [-0.2, -0.15) is 18.2 Å². The zero-order valence-corrected chi connectivity index (χ0v) is 13.2. The summed E-state index contributed by atoms with van der Waals surface area (Å²) in [6, 6.07) is 7.01. The van der Waals surface area contributed by atoms with Crippen LogP contribution < -0.4 is 5.32 Å². The largest absolute Gasteiger partial charge is 0.471 e. The number of nitrogens with one attached hydrogen (secondary N) is 1. The fourth-order valence-corrected chi connectivity index (χ4v) is 3.09. The van der Waals surface area contributed by atoms with Gasteiger partial charge in [0.2, 0.25) is 5.82 Å². The third-order valence-corrected chi connectivity index (χ3v) is 4.36. The quantitative estimate of drug-likeness (QED) is 0.686. The van der Waals surface area contributed by atoms with Gasteiger partial charge >= 0.3 is 12.1 Å². The number of thiophene rings is 1. The molecule has 0 aliphatic heterocycles. The fourth-order valence-electron chi connectivity index (χ4n) is 2.16. The molecule has 10 heteroatoms. The van der Waals surface area contributed by atoms with E-state index in [0.29, 0.717) is 17.1 Å². The van der Waals surface area contributed by atoms with E-state index in [0.717, 1.165) is 4.88 Å². The van der Waals surface area contributed by atoms with Crippen molar-refractivity contribution in [3.05, 3.63) is 46.9 Å². The molecule has 0 radical (unpaired) electrons. The Bertz CT molecular complexity index is 824. The highest BCUT2D eigenvalue weighted by atomic mass is 32.1. The van der Waals surface area contributed by atoms with Gasteiger partial charge in [-0.1, -0.05) is 5.16 Å². The minimum Gasteiger partial charge on any atom is -0.373 e. The molecule has 3 aromatic rings. The number of aliphatic hydroxyl groups excluding tert-OH is 1. The van der Waals surface area contributed by atoms with Gasteiger partial charge < -0.3 is 14.2 Å². The smallest absolute Gasteiger partial charge is 0.373 e. The van der Waals surface area contributed by atoms with Crippen LogP contribution in [0, 0.1) is 0 Å². The van der Waals surface area contributed by atoms with Crippen molar-refractivity contribution in [1.82, 2.24) is 20.0 Å². The minimum absolute atomic E-state index is 0.0958. The molecule has 24 heavy (non-hydrogen) atoms. The van der Waals surface area contributed by atoms with Gasteiger partial charge in [0, 0.05) is 11.1 Å². The Morgan fingerprint density at radius 1 is 1.38 bits per heavy atom. The van der Waals surface area contributed by atoms with Crippen LogP contribution in [0.2, 0.25) is 0 Å². The van der Waals surface area contributed by atoms with E-state index in [1.807, 2.05) is 10.8 Å². The van der Waals surface area contributed by atoms with Gasteiger partial charge in [-0.3, -0.25) is 5.32 Å². The van der Waals surface area contributed by atoms with Crippen molar-refractivity contribution < 1.29 is 22.8 Å². The predicted molar refractivity (Wildman–Crippen MR) is 80.2 cm³/mol. The van der Waals surface area contributed by atoms with Gasteiger partial charge in [0.1, 0.15) is 6.23 Å². The first-order valence-corrected chi connectivity index (χ1v) is 7.70. The monoisotopic (exact) mass is 358 g/mol. The van der Waals surface area contributed by atoms with Gasteiger partial charge in [0.15, 0.2) is 0 Å². The molecule has 2 N–H and O–H groups in total. The van der Waals surface area contributed by atoms with E-state index >= 15 is 0 Å². The molecule has 0 bridgehead atoms. The standard InChI is InChI=1S/C14H13F3N4O2S/c1-18-12(22)9-3-2-6-21(9)7-8-4-5-10(24-8)11-19-13(23-20-11)14(15,16)17/h2-6,12,18,22H,7H2,1H3. The highest BCUT2D eigenvalue weighted by Crippen LogP contribution is 2.32.